The van der Waals surface area contributed by atoms with Crippen molar-refractivity contribution in [2.24, 2.45) is 4.99 Å². The van der Waals surface area contributed by atoms with Crippen LogP contribution < -0.4 is 0 Å². The molecule has 4 nitrogen and oxygen atoms in total. The fraction of sp³-hybridized carbons (Fsp3) is 0.0286. The van der Waals surface area contributed by atoms with E-state index in [9.17, 15) is 0 Å². The van der Waals surface area contributed by atoms with Crippen LogP contribution in [0.15, 0.2) is 133 Å². The smallest absolute Gasteiger partial charge is 0.0541 e. The van der Waals surface area contributed by atoms with Gasteiger partial charge in [0.05, 0.1) is 22.1 Å². The molecule has 0 radical (unpaired) electrons. The summed E-state index contributed by atoms with van der Waals surface area (Å²) < 4.78 is 4.61. The Balaban J connectivity index is 1.45. The average Bonchev–Trinajstić information content (AvgIpc) is 3.50. The van der Waals surface area contributed by atoms with Crippen molar-refractivity contribution in [3.63, 3.8) is 0 Å². The summed E-state index contributed by atoms with van der Waals surface area (Å²) in [4.78, 5) is 8.14. The standard InChI is InChI=1S/C35H26N4/c1-3-26(16-19-36-2)38-32-10-6-4-8-28(32)30-22-24(12-14-34(30)38)25-13-15-35-31(23-25)29-9-5-7-11-33(29)39(35)27-17-20-37-21-18-27/h3-23H,2H2,1H3/b19-16-,26-3+. The van der Waals surface area contributed by atoms with Crippen LogP contribution in [0.1, 0.15) is 6.92 Å². The van der Waals surface area contributed by atoms with E-state index < -0.39 is 0 Å². The van der Waals surface area contributed by atoms with Crippen LogP contribution in [0.2, 0.25) is 0 Å². The Hall–Kier alpha value is -5.22. The summed E-state index contributed by atoms with van der Waals surface area (Å²) in [5.41, 5.74) is 9.27. The third-order valence-electron chi connectivity index (χ3n) is 7.50. The predicted molar refractivity (Wildman–Crippen MR) is 166 cm³/mol. The highest BCUT2D eigenvalue weighted by Crippen LogP contribution is 2.38. The lowest BCUT2D eigenvalue weighted by molar-refractivity contribution is 1.16. The van der Waals surface area contributed by atoms with E-state index in [0.717, 1.165) is 16.9 Å². The van der Waals surface area contributed by atoms with E-state index in [1.54, 1.807) is 6.20 Å². The van der Waals surface area contributed by atoms with Gasteiger partial charge in [-0.05, 0) is 79.4 Å². The largest absolute Gasteiger partial charge is 0.310 e. The molecule has 7 rings (SSSR count). The molecule has 0 amide bonds. The number of hydrogen-bond acceptors (Lipinski definition) is 2. The number of fused-ring (bicyclic) bond motifs is 6. The van der Waals surface area contributed by atoms with Gasteiger partial charge in [0.2, 0.25) is 0 Å². The number of pyridine rings is 1. The van der Waals surface area contributed by atoms with Gasteiger partial charge in [0.15, 0.2) is 0 Å². The molecule has 4 aromatic carbocycles. The SMILES string of the molecule is C=N/C=C\C(=C/C)n1c2ccccc2c2cc(-c3ccc4c(c3)c3ccccc3n4-c3ccncc3)ccc21. The molecule has 0 aliphatic rings. The van der Waals surface area contributed by atoms with Gasteiger partial charge in [0.25, 0.3) is 0 Å². The molecule has 186 valence electrons. The molecule has 4 heteroatoms. The number of hydrogen-bond donors (Lipinski definition) is 0. The van der Waals surface area contributed by atoms with Crippen molar-refractivity contribution in [1.29, 1.82) is 0 Å². The molecule has 0 aliphatic carbocycles. The first-order valence-corrected chi connectivity index (χ1v) is 13.0. The summed E-state index contributed by atoms with van der Waals surface area (Å²) >= 11 is 0. The first kappa shape index (κ1) is 22.9. The maximum absolute atomic E-state index is 4.22. The van der Waals surface area contributed by atoms with Gasteiger partial charge >= 0.3 is 0 Å². The molecule has 39 heavy (non-hydrogen) atoms. The van der Waals surface area contributed by atoms with E-state index in [-0.39, 0.29) is 0 Å². The van der Waals surface area contributed by atoms with E-state index in [1.807, 2.05) is 18.5 Å². The zero-order chi connectivity index (χ0) is 26.3. The van der Waals surface area contributed by atoms with Crippen LogP contribution in [0, 0.1) is 0 Å². The maximum atomic E-state index is 4.22. The number of aromatic nitrogens is 3. The highest BCUT2D eigenvalue weighted by molar-refractivity contribution is 6.13. The highest BCUT2D eigenvalue weighted by atomic mass is 15.0. The minimum absolute atomic E-state index is 1.06. The molecule has 0 saturated heterocycles. The molecule has 0 aliphatic heterocycles. The van der Waals surface area contributed by atoms with E-state index in [0.29, 0.717) is 0 Å². The Labute approximate surface area is 226 Å². The second-order valence-electron chi connectivity index (χ2n) is 9.59. The second-order valence-corrected chi connectivity index (χ2v) is 9.59. The highest BCUT2D eigenvalue weighted by Gasteiger charge is 2.15. The Morgan fingerprint density at radius 1 is 0.692 bits per heavy atom. The zero-order valence-corrected chi connectivity index (χ0v) is 21.6. The Morgan fingerprint density at radius 2 is 1.26 bits per heavy atom. The lowest BCUT2D eigenvalue weighted by Crippen LogP contribution is -1.94. The number of rotatable bonds is 5. The molecule has 3 aromatic heterocycles. The Morgan fingerprint density at radius 3 is 1.95 bits per heavy atom. The van der Waals surface area contributed by atoms with Gasteiger partial charge in [-0.1, -0.05) is 54.6 Å². The summed E-state index contributed by atoms with van der Waals surface area (Å²) in [5.74, 6) is 0. The summed E-state index contributed by atoms with van der Waals surface area (Å²) in [6.07, 6.45) is 9.53. The number of benzene rings is 4. The van der Waals surface area contributed by atoms with Crippen molar-refractivity contribution in [3.8, 4) is 16.8 Å². The first-order chi connectivity index (χ1) is 19.3. The van der Waals surface area contributed by atoms with Crippen LogP contribution in [-0.4, -0.2) is 20.8 Å². The fourth-order valence-electron chi connectivity index (χ4n) is 5.78. The van der Waals surface area contributed by atoms with Crippen LogP contribution in [-0.2, 0) is 0 Å². The third-order valence-corrected chi connectivity index (χ3v) is 7.50. The molecule has 0 spiro atoms. The summed E-state index contributed by atoms with van der Waals surface area (Å²) in [7, 11) is 0. The first-order valence-electron chi connectivity index (χ1n) is 13.0. The predicted octanol–water partition coefficient (Wildman–Crippen LogP) is 9.03. The lowest BCUT2D eigenvalue weighted by Gasteiger charge is -2.09. The monoisotopic (exact) mass is 502 g/mol. The molecule has 0 unspecified atom stereocenters. The minimum Gasteiger partial charge on any atom is -0.310 e. The van der Waals surface area contributed by atoms with Crippen molar-refractivity contribution < 1.29 is 0 Å². The number of nitrogens with zero attached hydrogens (tertiary/aromatic N) is 4. The van der Waals surface area contributed by atoms with Crippen LogP contribution in [0.3, 0.4) is 0 Å². The van der Waals surface area contributed by atoms with Crippen molar-refractivity contribution in [3.05, 3.63) is 128 Å². The summed E-state index contributed by atoms with van der Waals surface area (Å²) in [6, 6.07) is 34.9. The fourth-order valence-corrected chi connectivity index (χ4v) is 5.78. The van der Waals surface area contributed by atoms with E-state index in [2.05, 4.69) is 136 Å². The van der Waals surface area contributed by atoms with Gasteiger partial charge in [0.1, 0.15) is 0 Å². The van der Waals surface area contributed by atoms with E-state index in [1.165, 1.54) is 49.2 Å². The van der Waals surface area contributed by atoms with Crippen LogP contribution >= 0.6 is 0 Å². The van der Waals surface area contributed by atoms with Gasteiger partial charge in [0, 0.05) is 51.5 Å². The molecule has 0 fully saturated rings. The van der Waals surface area contributed by atoms with Crippen molar-refractivity contribution in [1.82, 2.24) is 14.1 Å². The van der Waals surface area contributed by atoms with Crippen molar-refractivity contribution in [2.75, 3.05) is 0 Å². The molecule has 0 saturated carbocycles. The Bertz CT molecular complexity index is 2090. The second kappa shape index (κ2) is 9.26. The summed E-state index contributed by atoms with van der Waals surface area (Å²) in [5, 5.41) is 4.93. The van der Waals surface area contributed by atoms with Crippen molar-refractivity contribution >= 4 is 56.0 Å². The zero-order valence-electron chi connectivity index (χ0n) is 21.6. The molecule has 0 N–H and O–H groups in total. The van der Waals surface area contributed by atoms with Gasteiger partial charge in [-0.3, -0.25) is 9.98 Å². The van der Waals surface area contributed by atoms with Crippen LogP contribution in [0.5, 0.6) is 0 Å². The molecular formula is C35H26N4. The number of allylic oxidation sites excluding steroid dienone is 3. The van der Waals surface area contributed by atoms with Gasteiger partial charge in [-0.15, -0.1) is 0 Å². The minimum atomic E-state index is 1.06. The average molecular weight is 503 g/mol. The van der Waals surface area contributed by atoms with Gasteiger partial charge in [-0.2, -0.15) is 0 Å². The molecular weight excluding hydrogens is 476 g/mol. The number of para-hydroxylation sites is 2. The molecule has 0 bridgehead atoms. The van der Waals surface area contributed by atoms with Crippen LogP contribution in [0.25, 0.3) is 66.1 Å². The molecule has 7 aromatic rings. The maximum Gasteiger partial charge on any atom is 0.0541 e. The van der Waals surface area contributed by atoms with Crippen molar-refractivity contribution in [2.45, 2.75) is 6.92 Å². The van der Waals surface area contributed by atoms with E-state index in [4.69, 9.17) is 0 Å². The number of aliphatic imine (C=N–C) groups is 1. The van der Waals surface area contributed by atoms with E-state index >= 15 is 0 Å². The normalized spacial score (nSPS) is 12.4. The van der Waals surface area contributed by atoms with Gasteiger partial charge in [-0.25, -0.2) is 0 Å². The molecule has 0 atom stereocenters. The van der Waals surface area contributed by atoms with Crippen LogP contribution in [0.4, 0.5) is 0 Å². The topological polar surface area (TPSA) is 35.1 Å². The summed E-state index contributed by atoms with van der Waals surface area (Å²) in [6.45, 7) is 5.65. The Kier molecular flexibility index (Phi) is 5.45. The third kappa shape index (κ3) is 3.61. The quantitative estimate of drug-likeness (QED) is 0.171. The lowest BCUT2D eigenvalue weighted by atomic mass is 10.0. The molecule has 3 heterocycles. The van der Waals surface area contributed by atoms with Gasteiger partial charge < -0.3 is 9.13 Å².